The summed E-state index contributed by atoms with van der Waals surface area (Å²) in [7, 11) is 0. The zero-order valence-corrected chi connectivity index (χ0v) is 15.3. The molecule has 2 N–H and O–H groups in total. The fourth-order valence-corrected chi connectivity index (χ4v) is 4.10. The molecule has 1 unspecified atom stereocenters. The molecular formula is C19H25N5O2. The van der Waals surface area contributed by atoms with Crippen molar-refractivity contribution in [3.63, 3.8) is 0 Å². The van der Waals surface area contributed by atoms with Crippen molar-refractivity contribution < 1.29 is 9.59 Å². The molecule has 2 aromatic rings. The summed E-state index contributed by atoms with van der Waals surface area (Å²) >= 11 is 0. The van der Waals surface area contributed by atoms with Crippen molar-refractivity contribution in [2.75, 3.05) is 26.2 Å². The van der Waals surface area contributed by atoms with Gasteiger partial charge in [-0.1, -0.05) is 18.2 Å². The fraction of sp³-hybridized carbons (Fsp3) is 0.526. The van der Waals surface area contributed by atoms with Crippen LogP contribution in [0.2, 0.25) is 0 Å². The number of likely N-dealkylation sites (tertiary alicyclic amines) is 1. The fourth-order valence-electron chi connectivity index (χ4n) is 4.10. The van der Waals surface area contributed by atoms with E-state index in [1.165, 1.54) is 0 Å². The maximum absolute atomic E-state index is 13.0. The summed E-state index contributed by atoms with van der Waals surface area (Å²) in [6.45, 7) is 7.01. The summed E-state index contributed by atoms with van der Waals surface area (Å²) in [4.78, 5) is 29.4. The average Bonchev–Trinajstić information content (AvgIpc) is 3.18. The van der Waals surface area contributed by atoms with Gasteiger partial charge in [-0.05, 0) is 26.3 Å². The molecule has 7 heteroatoms. The van der Waals surface area contributed by atoms with E-state index < -0.39 is 0 Å². The number of hydrogen-bond donors (Lipinski definition) is 2. The van der Waals surface area contributed by atoms with E-state index in [2.05, 4.69) is 34.3 Å². The molecule has 0 bridgehead atoms. The van der Waals surface area contributed by atoms with Crippen molar-refractivity contribution in [3.05, 3.63) is 30.0 Å². The van der Waals surface area contributed by atoms with Crippen molar-refractivity contribution in [2.45, 2.75) is 38.3 Å². The van der Waals surface area contributed by atoms with Crippen LogP contribution >= 0.6 is 0 Å². The maximum atomic E-state index is 13.0. The summed E-state index contributed by atoms with van der Waals surface area (Å²) < 4.78 is 0. The van der Waals surface area contributed by atoms with Gasteiger partial charge in [0, 0.05) is 44.0 Å². The number of nitrogens with zero attached hydrogens (tertiary/aromatic N) is 3. The number of H-pyrrole nitrogens is 1. The van der Waals surface area contributed by atoms with Gasteiger partial charge in [0.25, 0.3) is 5.91 Å². The Bertz CT molecular complexity index is 845. The molecule has 7 nitrogen and oxygen atoms in total. The number of benzene rings is 1. The lowest BCUT2D eigenvalue weighted by molar-refractivity contribution is -0.122. The Morgan fingerprint density at radius 3 is 2.85 bits per heavy atom. The van der Waals surface area contributed by atoms with Gasteiger partial charge in [-0.3, -0.25) is 19.6 Å². The largest absolute Gasteiger partial charge is 0.347 e. The number of aromatic amines is 1. The highest BCUT2D eigenvalue weighted by atomic mass is 16.2. The predicted molar refractivity (Wildman–Crippen MR) is 98.8 cm³/mol. The first kappa shape index (κ1) is 17.0. The average molecular weight is 355 g/mol. The minimum atomic E-state index is -0.361. The zero-order valence-electron chi connectivity index (χ0n) is 15.3. The molecule has 138 valence electrons. The molecule has 2 saturated heterocycles. The molecule has 0 saturated carbocycles. The van der Waals surface area contributed by atoms with Gasteiger partial charge in [-0.2, -0.15) is 5.10 Å². The van der Waals surface area contributed by atoms with Crippen LogP contribution in [0.5, 0.6) is 0 Å². The van der Waals surface area contributed by atoms with E-state index in [4.69, 9.17) is 0 Å². The minimum Gasteiger partial charge on any atom is -0.347 e. The molecule has 2 aliphatic rings. The molecule has 26 heavy (non-hydrogen) atoms. The number of aromatic nitrogens is 2. The minimum absolute atomic E-state index is 0.0751. The molecule has 3 heterocycles. The van der Waals surface area contributed by atoms with E-state index in [0.29, 0.717) is 31.2 Å². The van der Waals surface area contributed by atoms with Crippen LogP contribution in [0, 0.1) is 0 Å². The van der Waals surface area contributed by atoms with Gasteiger partial charge in [0.2, 0.25) is 5.91 Å². The van der Waals surface area contributed by atoms with Gasteiger partial charge in [0.05, 0.1) is 11.1 Å². The number of carbonyl (C=O) groups excluding carboxylic acids is 2. The van der Waals surface area contributed by atoms with Gasteiger partial charge >= 0.3 is 0 Å². The third kappa shape index (κ3) is 2.96. The van der Waals surface area contributed by atoms with Crippen LogP contribution in [-0.4, -0.2) is 69.6 Å². The predicted octanol–water partition coefficient (Wildman–Crippen LogP) is 1.38. The maximum Gasteiger partial charge on any atom is 0.275 e. The Balaban J connectivity index is 1.57. The lowest BCUT2D eigenvalue weighted by Crippen LogP contribution is -2.55. The molecular weight excluding hydrogens is 330 g/mol. The third-order valence-corrected chi connectivity index (χ3v) is 5.58. The molecule has 1 atom stereocenters. The first-order valence-corrected chi connectivity index (χ1v) is 9.25. The summed E-state index contributed by atoms with van der Waals surface area (Å²) in [6, 6.07) is 8.02. The first-order chi connectivity index (χ1) is 12.5. The number of fused-ring (bicyclic) bond motifs is 1. The number of nitrogens with one attached hydrogen (secondary N) is 2. The highest BCUT2D eigenvalue weighted by Gasteiger charge is 2.44. The Hall–Kier alpha value is -2.41. The standard InChI is InChI=1S/C19H25N5O2/c1-13(2)23-9-7-16(25)20-19(11-23)8-10-24(12-19)18(26)17-14-5-3-4-6-15(14)21-22-17/h3-6,13H,7-12H2,1-2H3,(H,20,25)(H,21,22). The number of rotatable bonds is 2. The van der Waals surface area contributed by atoms with E-state index in [0.717, 1.165) is 30.4 Å². The van der Waals surface area contributed by atoms with Crippen molar-refractivity contribution in [1.82, 2.24) is 25.3 Å². The Labute approximate surface area is 152 Å². The highest BCUT2D eigenvalue weighted by molar-refractivity contribution is 6.04. The third-order valence-electron chi connectivity index (χ3n) is 5.58. The molecule has 0 radical (unpaired) electrons. The molecule has 0 aliphatic carbocycles. The molecule has 2 fully saturated rings. The number of hydrogen-bond acceptors (Lipinski definition) is 4. The zero-order chi connectivity index (χ0) is 18.3. The normalized spacial score (nSPS) is 24.4. The van der Waals surface area contributed by atoms with Gasteiger partial charge in [-0.15, -0.1) is 0 Å². The topological polar surface area (TPSA) is 81.3 Å². The van der Waals surface area contributed by atoms with Gasteiger partial charge in [0.15, 0.2) is 5.69 Å². The Morgan fingerprint density at radius 2 is 2.04 bits per heavy atom. The second-order valence-corrected chi connectivity index (χ2v) is 7.74. The smallest absolute Gasteiger partial charge is 0.275 e. The lowest BCUT2D eigenvalue weighted by atomic mass is 9.97. The van der Waals surface area contributed by atoms with Crippen LogP contribution in [0.25, 0.3) is 10.9 Å². The Kier molecular flexibility index (Phi) is 4.19. The van der Waals surface area contributed by atoms with Gasteiger partial charge < -0.3 is 10.2 Å². The van der Waals surface area contributed by atoms with Crippen LogP contribution in [0.3, 0.4) is 0 Å². The van der Waals surface area contributed by atoms with Gasteiger partial charge in [-0.25, -0.2) is 0 Å². The number of carbonyl (C=O) groups is 2. The second kappa shape index (κ2) is 6.39. The monoisotopic (exact) mass is 355 g/mol. The molecule has 4 rings (SSSR count). The van der Waals surface area contributed by atoms with Crippen molar-refractivity contribution in [2.24, 2.45) is 0 Å². The molecule has 2 amide bonds. The summed E-state index contributed by atoms with van der Waals surface area (Å²) in [5.41, 5.74) is 0.955. The van der Waals surface area contributed by atoms with Crippen molar-refractivity contribution in [1.29, 1.82) is 0 Å². The quantitative estimate of drug-likeness (QED) is 0.853. The number of amides is 2. The molecule has 1 aromatic carbocycles. The van der Waals surface area contributed by atoms with E-state index in [9.17, 15) is 9.59 Å². The van der Waals surface area contributed by atoms with Crippen molar-refractivity contribution in [3.8, 4) is 0 Å². The molecule has 1 aromatic heterocycles. The number of para-hydroxylation sites is 1. The summed E-state index contributed by atoms with van der Waals surface area (Å²) in [5, 5.41) is 11.2. The van der Waals surface area contributed by atoms with Crippen LogP contribution < -0.4 is 5.32 Å². The summed E-state index contributed by atoms with van der Waals surface area (Å²) in [6.07, 6.45) is 1.29. The van der Waals surface area contributed by atoms with Crippen LogP contribution in [0.15, 0.2) is 24.3 Å². The summed E-state index contributed by atoms with van der Waals surface area (Å²) in [5.74, 6) is 0.00147. The molecule has 1 spiro atoms. The highest BCUT2D eigenvalue weighted by Crippen LogP contribution is 2.28. The van der Waals surface area contributed by atoms with Crippen molar-refractivity contribution >= 4 is 22.7 Å². The van der Waals surface area contributed by atoms with Gasteiger partial charge in [0.1, 0.15) is 0 Å². The SMILES string of the molecule is CC(C)N1CCC(=O)NC2(CCN(C(=O)c3n[nH]c4ccccc34)C2)C1. The van der Waals surface area contributed by atoms with E-state index in [1.807, 2.05) is 29.2 Å². The van der Waals surface area contributed by atoms with Crippen LogP contribution in [0.4, 0.5) is 0 Å². The second-order valence-electron chi connectivity index (χ2n) is 7.74. The van der Waals surface area contributed by atoms with E-state index in [-0.39, 0.29) is 17.4 Å². The first-order valence-electron chi connectivity index (χ1n) is 9.25. The molecule has 2 aliphatic heterocycles. The van der Waals surface area contributed by atoms with Crippen LogP contribution in [-0.2, 0) is 4.79 Å². The lowest BCUT2D eigenvalue weighted by Gasteiger charge is -2.34. The Morgan fingerprint density at radius 1 is 1.23 bits per heavy atom. The van der Waals surface area contributed by atoms with Crippen LogP contribution in [0.1, 0.15) is 37.2 Å². The van der Waals surface area contributed by atoms with E-state index in [1.54, 1.807) is 0 Å². The van der Waals surface area contributed by atoms with E-state index >= 15 is 0 Å².